The lowest BCUT2D eigenvalue weighted by atomic mass is 10.1. The molecule has 24 heavy (non-hydrogen) atoms. The van der Waals surface area contributed by atoms with E-state index < -0.39 is 0 Å². The minimum atomic E-state index is -0.109. The van der Waals surface area contributed by atoms with Crippen LogP contribution in [0, 0.1) is 12.8 Å². The summed E-state index contributed by atoms with van der Waals surface area (Å²) in [5.41, 5.74) is 2.55. The Morgan fingerprint density at radius 1 is 1.50 bits per heavy atom. The highest BCUT2D eigenvalue weighted by molar-refractivity contribution is 5.92. The molecule has 0 bridgehead atoms. The number of carbonyl (C=O) groups is 1. The first-order chi connectivity index (χ1) is 11.7. The summed E-state index contributed by atoms with van der Waals surface area (Å²) in [4.78, 5) is 18.8. The van der Waals surface area contributed by atoms with Crippen LogP contribution in [-0.2, 0) is 6.54 Å². The fraction of sp³-hybridized carbons (Fsp3) is 0.471. The van der Waals surface area contributed by atoms with Crippen LogP contribution in [-0.4, -0.2) is 52.7 Å². The summed E-state index contributed by atoms with van der Waals surface area (Å²) < 4.78 is 0. The lowest BCUT2D eigenvalue weighted by Gasteiger charge is -2.18. The van der Waals surface area contributed by atoms with Crippen molar-refractivity contribution in [1.29, 1.82) is 0 Å². The molecule has 0 aliphatic carbocycles. The van der Waals surface area contributed by atoms with E-state index in [0.717, 1.165) is 37.6 Å². The number of aromatic amines is 1. The zero-order chi connectivity index (χ0) is 16.9. The Hall–Kier alpha value is -2.41. The highest BCUT2D eigenvalue weighted by Gasteiger charge is 2.24. The molecular weight excluding hydrogens is 304 g/mol. The van der Waals surface area contributed by atoms with Gasteiger partial charge in [-0.15, -0.1) is 0 Å². The van der Waals surface area contributed by atoms with Gasteiger partial charge in [0.15, 0.2) is 0 Å². The highest BCUT2D eigenvalue weighted by Crippen LogP contribution is 2.20. The number of amides is 1. The van der Waals surface area contributed by atoms with E-state index in [-0.39, 0.29) is 5.91 Å². The summed E-state index contributed by atoms with van der Waals surface area (Å²) in [5.74, 6) is 1.30. The van der Waals surface area contributed by atoms with E-state index in [2.05, 4.69) is 36.8 Å². The van der Waals surface area contributed by atoms with Crippen molar-refractivity contribution in [2.75, 3.05) is 32.0 Å². The third-order valence-electron chi connectivity index (χ3n) is 4.38. The van der Waals surface area contributed by atoms with Crippen molar-refractivity contribution >= 4 is 11.7 Å². The second-order valence-electron chi connectivity index (χ2n) is 6.30. The fourth-order valence-corrected chi connectivity index (χ4v) is 3.12. The Morgan fingerprint density at radius 2 is 2.38 bits per heavy atom. The van der Waals surface area contributed by atoms with Crippen LogP contribution in [0.15, 0.2) is 24.4 Å². The molecule has 1 fully saturated rings. The molecular formula is C17H24N6O. The molecule has 1 aliphatic heterocycles. The van der Waals surface area contributed by atoms with Gasteiger partial charge in [0.1, 0.15) is 11.5 Å². The average molecular weight is 328 g/mol. The van der Waals surface area contributed by atoms with E-state index in [1.165, 1.54) is 5.56 Å². The molecule has 1 amide bonds. The zero-order valence-corrected chi connectivity index (χ0v) is 14.2. The number of aryl methyl sites for hydroxylation is 1. The first-order valence-electron chi connectivity index (χ1n) is 8.30. The lowest BCUT2D eigenvalue weighted by molar-refractivity contribution is 0.0942. The predicted octanol–water partition coefficient (Wildman–Crippen LogP) is 1.41. The summed E-state index contributed by atoms with van der Waals surface area (Å²) in [6.07, 6.45) is 2.89. The fourth-order valence-electron chi connectivity index (χ4n) is 3.12. The maximum absolute atomic E-state index is 12.0. The molecule has 2 aromatic heterocycles. The number of rotatable bonds is 6. The van der Waals surface area contributed by atoms with Crippen LogP contribution < -0.4 is 10.6 Å². The molecule has 0 aromatic carbocycles. The molecule has 1 saturated heterocycles. The minimum absolute atomic E-state index is 0.109. The first-order valence-corrected chi connectivity index (χ1v) is 8.30. The lowest BCUT2D eigenvalue weighted by Crippen LogP contribution is -2.31. The van der Waals surface area contributed by atoms with Crippen molar-refractivity contribution < 1.29 is 4.79 Å². The van der Waals surface area contributed by atoms with Crippen molar-refractivity contribution in [2.24, 2.45) is 5.92 Å². The number of hydrogen-bond acceptors (Lipinski definition) is 5. The second kappa shape index (κ2) is 7.44. The van der Waals surface area contributed by atoms with Gasteiger partial charge in [0.25, 0.3) is 5.91 Å². The Bertz CT molecular complexity index is 698. The van der Waals surface area contributed by atoms with E-state index in [9.17, 15) is 4.79 Å². The third kappa shape index (κ3) is 3.91. The molecule has 1 aliphatic rings. The standard InChI is InChI=1S/C17H24N6O/c1-12-8-15(22-21-12)17(24)20-9-13-5-7-23(10-13)11-14-4-3-6-19-16(14)18-2/h3-4,6,8,13H,5,7,9-11H2,1-2H3,(H,18,19)(H,20,24)(H,21,22)/t13-/m0/s1. The Balaban J connectivity index is 1.48. The minimum Gasteiger partial charge on any atom is -0.373 e. The molecule has 0 spiro atoms. The van der Waals surface area contributed by atoms with Crippen molar-refractivity contribution in [3.8, 4) is 0 Å². The van der Waals surface area contributed by atoms with Gasteiger partial charge in [-0.3, -0.25) is 14.8 Å². The van der Waals surface area contributed by atoms with Gasteiger partial charge in [-0.05, 0) is 37.9 Å². The van der Waals surface area contributed by atoms with Crippen LogP contribution in [0.5, 0.6) is 0 Å². The van der Waals surface area contributed by atoms with Gasteiger partial charge in [0.05, 0.1) is 0 Å². The van der Waals surface area contributed by atoms with E-state index in [1.807, 2.05) is 20.0 Å². The SMILES string of the molecule is CNc1ncccc1CN1CC[C@@H](CNC(=O)c2cc(C)[nH]n2)C1. The summed E-state index contributed by atoms with van der Waals surface area (Å²) in [6.45, 7) is 5.48. The second-order valence-corrected chi connectivity index (χ2v) is 6.30. The number of aromatic nitrogens is 3. The van der Waals surface area contributed by atoms with Gasteiger partial charge in [0, 0.05) is 44.1 Å². The maximum atomic E-state index is 12.0. The highest BCUT2D eigenvalue weighted by atomic mass is 16.1. The molecule has 3 rings (SSSR count). The van der Waals surface area contributed by atoms with Gasteiger partial charge in [-0.25, -0.2) is 4.98 Å². The van der Waals surface area contributed by atoms with Gasteiger partial charge < -0.3 is 10.6 Å². The van der Waals surface area contributed by atoms with Gasteiger partial charge in [-0.2, -0.15) is 5.10 Å². The number of likely N-dealkylation sites (tertiary alicyclic amines) is 1. The number of anilines is 1. The normalized spacial score (nSPS) is 17.8. The number of H-pyrrole nitrogens is 1. The van der Waals surface area contributed by atoms with Crippen LogP contribution in [0.1, 0.15) is 28.2 Å². The summed E-state index contributed by atoms with van der Waals surface area (Å²) in [7, 11) is 1.89. The van der Waals surface area contributed by atoms with Gasteiger partial charge in [-0.1, -0.05) is 6.07 Å². The maximum Gasteiger partial charge on any atom is 0.271 e. The van der Waals surface area contributed by atoms with E-state index in [0.29, 0.717) is 18.2 Å². The van der Waals surface area contributed by atoms with Crippen LogP contribution >= 0.6 is 0 Å². The average Bonchev–Trinajstić information content (AvgIpc) is 3.22. The van der Waals surface area contributed by atoms with E-state index in [4.69, 9.17) is 0 Å². The number of nitrogens with one attached hydrogen (secondary N) is 3. The number of carbonyl (C=O) groups excluding carboxylic acids is 1. The van der Waals surface area contributed by atoms with Crippen LogP contribution in [0.2, 0.25) is 0 Å². The van der Waals surface area contributed by atoms with Gasteiger partial charge in [0.2, 0.25) is 0 Å². The third-order valence-corrected chi connectivity index (χ3v) is 4.38. The number of nitrogens with zero attached hydrogens (tertiary/aromatic N) is 3. The summed E-state index contributed by atoms with van der Waals surface area (Å²) in [5, 5.41) is 12.9. The number of pyridine rings is 1. The molecule has 0 unspecified atom stereocenters. The molecule has 3 N–H and O–H groups in total. The van der Waals surface area contributed by atoms with Crippen LogP contribution in [0.3, 0.4) is 0 Å². The molecule has 7 nitrogen and oxygen atoms in total. The zero-order valence-electron chi connectivity index (χ0n) is 14.2. The predicted molar refractivity (Wildman–Crippen MR) is 92.8 cm³/mol. The largest absolute Gasteiger partial charge is 0.373 e. The Labute approximate surface area is 141 Å². The Morgan fingerprint density at radius 3 is 3.12 bits per heavy atom. The molecule has 128 valence electrons. The van der Waals surface area contributed by atoms with Crippen molar-refractivity contribution in [2.45, 2.75) is 19.9 Å². The van der Waals surface area contributed by atoms with Crippen LogP contribution in [0.4, 0.5) is 5.82 Å². The molecule has 7 heteroatoms. The van der Waals surface area contributed by atoms with Gasteiger partial charge >= 0.3 is 0 Å². The first kappa shape index (κ1) is 16.4. The summed E-state index contributed by atoms with van der Waals surface area (Å²) >= 11 is 0. The van der Waals surface area contributed by atoms with E-state index in [1.54, 1.807) is 12.3 Å². The Kier molecular flexibility index (Phi) is 5.10. The quantitative estimate of drug-likeness (QED) is 0.746. The molecule has 0 saturated carbocycles. The van der Waals surface area contributed by atoms with Crippen molar-refractivity contribution in [3.05, 3.63) is 41.3 Å². The monoisotopic (exact) mass is 328 g/mol. The molecule has 1 atom stereocenters. The summed E-state index contributed by atoms with van der Waals surface area (Å²) in [6, 6.07) is 5.83. The van der Waals surface area contributed by atoms with E-state index >= 15 is 0 Å². The molecule has 2 aromatic rings. The smallest absolute Gasteiger partial charge is 0.271 e. The topological polar surface area (TPSA) is 85.9 Å². The number of hydrogen-bond donors (Lipinski definition) is 3. The van der Waals surface area contributed by atoms with Crippen molar-refractivity contribution in [1.82, 2.24) is 25.4 Å². The molecule has 0 radical (unpaired) electrons. The van der Waals surface area contributed by atoms with Crippen LogP contribution in [0.25, 0.3) is 0 Å². The van der Waals surface area contributed by atoms with Crippen molar-refractivity contribution in [3.63, 3.8) is 0 Å². The molecule has 3 heterocycles.